The molecule has 1 aliphatic rings. The van der Waals surface area contributed by atoms with Crippen LogP contribution in [-0.4, -0.2) is 50.9 Å². The van der Waals surface area contributed by atoms with Gasteiger partial charge in [-0.25, -0.2) is 9.89 Å². The quantitative estimate of drug-likeness (QED) is 0.736. The van der Waals surface area contributed by atoms with Gasteiger partial charge in [0.25, 0.3) is 0 Å². The number of nitrogens with zero attached hydrogens (tertiary/aromatic N) is 3. The monoisotopic (exact) mass is 386 g/mol. The van der Waals surface area contributed by atoms with Crippen molar-refractivity contribution in [1.82, 2.24) is 20.1 Å². The lowest BCUT2D eigenvalue weighted by Crippen LogP contribution is -2.44. The van der Waals surface area contributed by atoms with E-state index >= 15 is 0 Å². The predicted octanol–water partition coefficient (Wildman–Crippen LogP) is 3.98. The summed E-state index contributed by atoms with van der Waals surface area (Å²) in [6, 6.07) is 6.48. The third-order valence-corrected chi connectivity index (χ3v) is 4.45. The van der Waals surface area contributed by atoms with Crippen molar-refractivity contribution in [2.24, 2.45) is 0 Å². The first-order chi connectivity index (χ1) is 13.2. The summed E-state index contributed by atoms with van der Waals surface area (Å²) in [5, 5.41) is 13.7. The van der Waals surface area contributed by atoms with Crippen LogP contribution in [0.25, 0.3) is 0 Å². The number of aryl methyl sites for hydroxylation is 2. The second-order valence-electron chi connectivity index (χ2n) is 8.40. The molecule has 1 saturated heterocycles. The van der Waals surface area contributed by atoms with Crippen molar-refractivity contribution in [3.8, 4) is 0 Å². The first kappa shape index (κ1) is 20.0. The number of piperidine rings is 1. The molecule has 1 aliphatic heterocycles. The summed E-state index contributed by atoms with van der Waals surface area (Å²) in [4.78, 5) is 18.4. The van der Waals surface area contributed by atoms with Crippen molar-refractivity contribution < 1.29 is 9.53 Å². The van der Waals surface area contributed by atoms with Gasteiger partial charge < -0.3 is 20.3 Å². The molecule has 8 nitrogen and oxygen atoms in total. The second-order valence-corrected chi connectivity index (χ2v) is 8.40. The zero-order valence-electron chi connectivity index (χ0n) is 17.3. The Hall–Kier alpha value is -2.77. The van der Waals surface area contributed by atoms with Gasteiger partial charge >= 0.3 is 6.09 Å². The Balaban J connectivity index is 1.50. The minimum Gasteiger partial charge on any atom is -0.444 e. The minimum absolute atomic E-state index is 0.237. The molecule has 8 heteroatoms. The number of rotatable bonds is 4. The van der Waals surface area contributed by atoms with E-state index in [-0.39, 0.29) is 12.1 Å². The van der Waals surface area contributed by atoms with Crippen LogP contribution in [0.15, 0.2) is 18.2 Å². The van der Waals surface area contributed by atoms with Crippen molar-refractivity contribution in [1.29, 1.82) is 0 Å². The molecule has 1 aromatic carbocycles. The molecule has 3 N–H and O–H groups in total. The van der Waals surface area contributed by atoms with Crippen molar-refractivity contribution in [2.45, 2.75) is 59.1 Å². The largest absolute Gasteiger partial charge is 0.444 e. The number of hydrogen-bond acceptors (Lipinski definition) is 6. The smallest absolute Gasteiger partial charge is 0.410 e. The standard InChI is InChI=1S/C20H30N6O2/c1-13-10-14(2)12-16(11-13)22-18-23-17(24-25-18)21-15-6-8-26(9-7-15)19(27)28-20(3,4)5/h10-12,15H,6-9H2,1-5H3,(H3,21,22,23,24,25). The molecule has 0 bridgehead atoms. The lowest BCUT2D eigenvalue weighted by Gasteiger charge is -2.33. The van der Waals surface area contributed by atoms with Gasteiger partial charge in [-0.2, -0.15) is 4.98 Å². The van der Waals surface area contributed by atoms with E-state index in [0.29, 0.717) is 25.0 Å². The summed E-state index contributed by atoms with van der Waals surface area (Å²) < 4.78 is 5.44. The summed E-state index contributed by atoms with van der Waals surface area (Å²) in [5.74, 6) is 1.15. The molecule has 0 atom stereocenters. The van der Waals surface area contributed by atoms with Crippen LogP contribution in [0.5, 0.6) is 0 Å². The Morgan fingerprint density at radius 3 is 2.43 bits per heavy atom. The molecule has 0 saturated carbocycles. The first-order valence-corrected chi connectivity index (χ1v) is 9.70. The molecule has 152 valence electrons. The number of amides is 1. The van der Waals surface area contributed by atoms with Gasteiger partial charge in [0.15, 0.2) is 0 Å². The number of anilines is 3. The highest BCUT2D eigenvalue weighted by molar-refractivity contribution is 5.68. The van der Waals surface area contributed by atoms with E-state index in [2.05, 4.69) is 57.9 Å². The van der Waals surface area contributed by atoms with Gasteiger partial charge in [-0.1, -0.05) is 6.07 Å². The van der Waals surface area contributed by atoms with E-state index in [0.717, 1.165) is 18.5 Å². The third-order valence-electron chi connectivity index (χ3n) is 4.45. The highest BCUT2D eigenvalue weighted by Crippen LogP contribution is 2.20. The van der Waals surface area contributed by atoms with Gasteiger partial charge in [-0.15, -0.1) is 5.10 Å². The van der Waals surface area contributed by atoms with Gasteiger partial charge in [0.2, 0.25) is 11.9 Å². The van der Waals surface area contributed by atoms with Crippen LogP contribution in [0.1, 0.15) is 44.7 Å². The predicted molar refractivity (Wildman–Crippen MR) is 110 cm³/mol. The summed E-state index contributed by atoms with van der Waals surface area (Å²) in [6.07, 6.45) is 1.42. The molecule has 1 aromatic heterocycles. The lowest BCUT2D eigenvalue weighted by atomic mass is 10.1. The number of benzene rings is 1. The molecule has 1 amide bonds. The summed E-state index contributed by atoms with van der Waals surface area (Å²) >= 11 is 0. The van der Waals surface area contributed by atoms with E-state index in [1.54, 1.807) is 4.90 Å². The second kappa shape index (κ2) is 8.08. The number of carbonyl (C=O) groups excluding carboxylic acids is 1. The number of aromatic amines is 1. The van der Waals surface area contributed by atoms with E-state index in [4.69, 9.17) is 4.74 Å². The molecular weight excluding hydrogens is 356 g/mol. The zero-order chi connectivity index (χ0) is 20.3. The van der Waals surface area contributed by atoms with Crippen LogP contribution in [-0.2, 0) is 4.74 Å². The Labute approximate surface area is 166 Å². The number of nitrogens with one attached hydrogen (secondary N) is 3. The maximum absolute atomic E-state index is 12.1. The number of hydrogen-bond donors (Lipinski definition) is 3. The fourth-order valence-corrected chi connectivity index (χ4v) is 3.28. The maximum atomic E-state index is 12.1. The van der Waals surface area contributed by atoms with Crippen molar-refractivity contribution >= 4 is 23.7 Å². The highest BCUT2D eigenvalue weighted by Gasteiger charge is 2.27. The summed E-state index contributed by atoms with van der Waals surface area (Å²) in [5.41, 5.74) is 2.88. The third kappa shape index (κ3) is 5.61. The van der Waals surface area contributed by atoms with Crippen molar-refractivity contribution in [2.75, 3.05) is 23.7 Å². The van der Waals surface area contributed by atoms with Crippen LogP contribution < -0.4 is 10.6 Å². The van der Waals surface area contributed by atoms with Gasteiger partial charge in [0, 0.05) is 24.8 Å². The molecule has 0 unspecified atom stereocenters. The minimum atomic E-state index is -0.467. The summed E-state index contributed by atoms with van der Waals surface area (Å²) in [6.45, 7) is 11.1. The normalized spacial score (nSPS) is 15.4. The topological polar surface area (TPSA) is 95.2 Å². The molecule has 0 aliphatic carbocycles. The molecule has 2 heterocycles. The van der Waals surface area contributed by atoms with Crippen molar-refractivity contribution in [3.63, 3.8) is 0 Å². The Morgan fingerprint density at radius 2 is 1.82 bits per heavy atom. The van der Waals surface area contributed by atoms with Crippen LogP contribution in [0, 0.1) is 13.8 Å². The van der Waals surface area contributed by atoms with Gasteiger partial charge in [-0.3, -0.25) is 0 Å². The fraction of sp³-hybridized carbons (Fsp3) is 0.550. The van der Waals surface area contributed by atoms with E-state index in [1.165, 1.54) is 11.1 Å². The average molecular weight is 387 g/mol. The number of likely N-dealkylation sites (tertiary alicyclic amines) is 1. The molecule has 2 aromatic rings. The Bertz CT molecular complexity index is 798. The molecular formula is C20H30N6O2. The van der Waals surface area contributed by atoms with E-state index in [9.17, 15) is 4.79 Å². The molecule has 1 fully saturated rings. The lowest BCUT2D eigenvalue weighted by molar-refractivity contribution is 0.0210. The first-order valence-electron chi connectivity index (χ1n) is 9.70. The molecule has 28 heavy (non-hydrogen) atoms. The maximum Gasteiger partial charge on any atom is 0.410 e. The number of carbonyl (C=O) groups is 1. The van der Waals surface area contributed by atoms with Gasteiger partial charge in [-0.05, 0) is 70.7 Å². The van der Waals surface area contributed by atoms with E-state index in [1.807, 2.05) is 20.8 Å². The SMILES string of the molecule is Cc1cc(C)cc(Nc2n[nH]c(NC3CCN(C(=O)OC(C)(C)C)CC3)n2)c1. The van der Waals surface area contributed by atoms with Crippen LogP contribution in [0.2, 0.25) is 0 Å². The Morgan fingerprint density at radius 1 is 1.18 bits per heavy atom. The van der Waals surface area contributed by atoms with Gasteiger partial charge in [0.05, 0.1) is 0 Å². The zero-order valence-corrected chi connectivity index (χ0v) is 17.3. The van der Waals surface area contributed by atoms with Gasteiger partial charge in [0.1, 0.15) is 5.60 Å². The van der Waals surface area contributed by atoms with Crippen LogP contribution in [0.4, 0.5) is 22.4 Å². The summed E-state index contributed by atoms with van der Waals surface area (Å²) in [7, 11) is 0. The number of ether oxygens (including phenoxy) is 1. The van der Waals surface area contributed by atoms with Crippen LogP contribution in [0.3, 0.4) is 0 Å². The fourth-order valence-electron chi connectivity index (χ4n) is 3.28. The molecule has 0 radical (unpaired) electrons. The Kier molecular flexibility index (Phi) is 5.76. The highest BCUT2D eigenvalue weighted by atomic mass is 16.6. The average Bonchev–Trinajstić information content (AvgIpc) is 2.99. The van der Waals surface area contributed by atoms with Crippen LogP contribution >= 0.6 is 0 Å². The van der Waals surface area contributed by atoms with E-state index < -0.39 is 5.60 Å². The van der Waals surface area contributed by atoms with Crippen molar-refractivity contribution in [3.05, 3.63) is 29.3 Å². The molecule has 3 rings (SSSR count). The number of H-pyrrole nitrogens is 1. The molecule has 0 spiro atoms. The number of aromatic nitrogens is 3.